The van der Waals surface area contributed by atoms with Gasteiger partial charge in [-0.2, -0.15) is 0 Å². The highest BCUT2D eigenvalue weighted by Gasteiger charge is 2.31. The van der Waals surface area contributed by atoms with Gasteiger partial charge in [-0.3, -0.25) is 4.79 Å². The Morgan fingerprint density at radius 2 is 1.73 bits per heavy atom. The van der Waals surface area contributed by atoms with Crippen molar-refractivity contribution < 1.29 is 22.7 Å². The molecule has 1 saturated heterocycles. The predicted octanol–water partition coefficient (Wildman–Crippen LogP) is 3.27. The summed E-state index contributed by atoms with van der Waals surface area (Å²) in [6, 6.07) is 5.90. The number of rotatable bonds is 5. The fourth-order valence-electron chi connectivity index (χ4n) is 2.77. The quantitative estimate of drug-likeness (QED) is 0.820. The molecule has 3 rings (SSSR count). The second-order valence-electron chi connectivity index (χ2n) is 5.91. The Kier molecular flexibility index (Phi) is 5.24. The molecule has 0 saturated carbocycles. The van der Waals surface area contributed by atoms with Crippen molar-refractivity contribution in [1.82, 2.24) is 9.97 Å². The molecule has 0 amide bonds. The summed E-state index contributed by atoms with van der Waals surface area (Å²) in [5.41, 5.74) is 1.17. The minimum Gasteiger partial charge on any atom is -0.406 e. The van der Waals surface area contributed by atoms with Gasteiger partial charge in [-0.05, 0) is 37.1 Å². The lowest BCUT2D eigenvalue weighted by atomic mass is 10.0. The van der Waals surface area contributed by atoms with Gasteiger partial charge in [0.25, 0.3) is 0 Å². The standard InChI is InChI=1S/C17H17F3N4O2/c18-17(19,20)26-15-3-1-13(2-4-15)23-14-5-7-24(8-6-14)16-21-9-12(11-25)10-22-16/h1-4,9-11,14,23H,5-8H2. The zero-order chi connectivity index (χ0) is 18.6. The molecule has 1 aliphatic rings. The third-order valence-electron chi connectivity index (χ3n) is 4.03. The van der Waals surface area contributed by atoms with E-state index in [0.29, 0.717) is 17.8 Å². The molecular weight excluding hydrogens is 349 g/mol. The lowest BCUT2D eigenvalue weighted by Crippen LogP contribution is -2.39. The van der Waals surface area contributed by atoms with E-state index in [9.17, 15) is 18.0 Å². The molecule has 0 atom stereocenters. The normalized spacial score (nSPS) is 15.6. The maximum atomic E-state index is 12.2. The lowest BCUT2D eigenvalue weighted by Gasteiger charge is -2.32. The van der Waals surface area contributed by atoms with Crippen LogP contribution in [-0.4, -0.2) is 41.7 Å². The molecule has 1 fully saturated rings. The molecule has 1 aliphatic heterocycles. The number of carbonyl (C=O) groups excluding carboxylic acids is 1. The van der Waals surface area contributed by atoms with Gasteiger partial charge in [0.15, 0.2) is 6.29 Å². The average molecular weight is 366 g/mol. The van der Waals surface area contributed by atoms with Gasteiger partial charge in [0.05, 0.1) is 5.56 Å². The minimum atomic E-state index is -4.69. The monoisotopic (exact) mass is 366 g/mol. The number of carbonyl (C=O) groups is 1. The number of hydrogen-bond donors (Lipinski definition) is 1. The Balaban J connectivity index is 1.51. The van der Waals surface area contributed by atoms with Gasteiger partial charge >= 0.3 is 6.36 Å². The Hall–Kier alpha value is -2.84. The van der Waals surface area contributed by atoms with Gasteiger partial charge in [-0.15, -0.1) is 13.2 Å². The third-order valence-corrected chi connectivity index (χ3v) is 4.03. The van der Waals surface area contributed by atoms with Crippen LogP contribution in [0.1, 0.15) is 23.2 Å². The first-order chi connectivity index (χ1) is 12.4. The Morgan fingerprint density at radius 1 is 1.12 bits per heavy atom. The highest BCUT2D eigenvalue weighted by Crippen LogP contribution is 2.25. The third kappa shape index (κ3) is 4.84. The van der Waals surface area contributed by atoms with Gasteiger partial charge < -0.3 is 15.0 Å². The molecule has 0 spiro atoms. The molecule has 1 N–H and O–H groups in total. The molecule has 1 aromatic heterocycles. The molecule has 0 bridgehead atoms. The van der Waals surface area contributed by atoms with E-state index in [2.05, 4.69) is 20.0 Å². The number of ether oxygens (including phenoxy) is 1. The van der Waals surface area contributed by atoms with Crippen LogP contribution in [0.2, 0.25) is 0 Å². The summed E-state index contributed by atoms with van der Waals surface area (Å²) in [7, 11) is 0. The average Bonchev–Trinajstić information content (AvgIpc) is 2.63. The van der Waals surface area contributed by atoms with E-state index in [1.54, 1.807) is 12.1 Å². The number of nitrogens with one attached hydrogen (secondary N) is 1. The predicted molar refractivity (Wildman–Crippen MR) is 89.4 cm³/mol. The molecule has 9 heteroatoms. The van der Waals surface area contributed by atoms with E-state index in [4.69, 9.17) is 0 Å². The van der Waals surface area contributed by atoms with Crippen molar-refractivity contribution in [3.63, 3.8) is 0 Å². The number of aromatic nitrogens is 2. The Bertz CT molecular complexity index is 727. The summed E-state index contributed by atoms with van der Waals surface area (Å²) in [5, 5.41) is 3.31. The fraction of sp³-hybridized carbons (Fsp3) is 0.353. The van der Waals surface area contributed by atoms with E-state index in [0.717, 1.165) is 31.6 Å². The molecule has 26 heavy (non-hydrogen) atoms. The molecule has 1 aromatic carbocycles. The van der Waals surface area contributed by atoms with Crippen LogP contribution in [0.5, 0.6) is 5.75 Å². The maximum Gasteiger partial charge on any atom is 0.573 e. The fourth-order valence-corrected chi connectivity index (χ4v) is 2.77. The highest BCUT2D eigenvalue weighted by molar-refractivity contribution is 5.73. The molecule has 138 valence electrons. The number of anilines is 2. The Labute approximate surface area is 148 Å². The summed E-state index contributed by atoms with van der Waals surface area (Å²) < 4.78 is 40.3. The first-order valence-electron chi connectivity index (χ1n) is 8.07. The molecular formula is C17H17F3N4O2. The Morgan fingerprint density at radius 3 is 2.27 bits per heavy atom. The topological polar surface area (TPSA) is 67.4 Å². The summed E-state index contributed by atoms with van der Waals surface area (Å²) in [4.78, 5) is 21.0. The van der Waals surface area contributed by atoms with Crippen LogP contribution < -0.4 is 15.0 Å². The van der Waals surface area contributed by atoms with Crippen LogP contribution in [0.15, 0.2) is 36.7 Å². The van der Waals surface area contributed by atoms with Crippen LogP contribution >= 0.6 is 0 Å². The largest absolute Gasteiger partial charge is 0.573 e. The molecule has 0 aliphatic carbocycles. The first-order valence-corrected chi connectivity index (χ1v) is 8.07. The number of nitrogens with zero attached hydrogens (tertiary/aromatic N) is 3. The molecule has 2 heterocycles. The van der Waals surface area contributed by atoms with Crippen LogP contribution in [0.4, 0.5) is 24.8 Å². The van der Waals surface area contributed by atoms with Crippen LogP contribution in [0, 0.1) is 0 Å². The summed E-state index contributed by atoms with van der Waals surface area (Å²) >= 11 is 0. The summed E-state index contributed by atoms with van der Waals surface area (Å²) in [6.45, 7) is 1.49. The summed E-state index contributed by atoms with van der Waals surface area (Å²) in [5.74, 6) is 0.344. The van der Waals surface area contributed by atoms with Crippen molar-refractivity contribution in [2.45, 2.75) is 25.2 Å². The van der Waals surface area contributed by atoms with Gasteiger partial charge in [-0.1, -0.05) is 0 Å². The van der Waals surface area contributed by atoms with Crippen molar-refractivity contribution in [2.24, 2.45) is 0 Å². The molecule has 0 radical (unpaired) electrons. The smallest absolute Gasteiger partial charge is 0.406 e. The minimum absolute atomic E-state index is 0.204. The molecule has 6 nitrogen and oxygen atoms in total. The first kappa shape index (κ1) is 18.0. The highest BCUT2D eigenvalue weighted by atomic mass is 19.4. The number of alkyl halides is 3. The SMILES string of the molecule is O=Cc1cnc(N2CCC(Nc3ccc(OC(F)(F)F)cc3)CC2)nc1. The van der Waals surface area contributed by atoms with Crippen molar-refractivity contribution in [1.29, 1.82) is 0 Å². The zero-order valence-corrected chi connectivity index (χ0v) is 13.7. The molecule has 2 aromatic rings. The number of benzene rings is 1. The second kappa shape index (κ2) is 7.59. The van der Waals surface area contributed by atoms with Gasteiger partial charge in [0.1, 0.15) is 5.75 Å². The zero-order valence-electron chi connectivity index (χ0n) is 13.7. The second-order valence-corrected chi connectivity index (χ2v) is 5.91. The van der Waals surface area contributed by atoms with E-state index >= 15 is 0 Å². The maximum absolute atomic E-state index is 12.2. The van der Waals surface area contributed by atoms with Crippen molar-refractivity contribution >= 4 is 17.9 Å². The summed E-state index contributed by atoms with van der Waals surface area (Å²) in [6.07, 6.45) is 0.659. The van der Waals surface area contributed by atoms with Crippen LogP contribution in [-0.2, 0) is 0 Å². The number of hydrogen-bond acceptors (Lipinski definition) is 6. The van der Waals surface area contributed by atoms with Crippen molar-refractivity contribution in [3.8, 4) is 5.75 Å². The van der Waals surface area contributed by atoms with E-state index < -0.39 is 6.36 Å². The van der Waals surface area contributed by atoms with E-state index in [1.165, 1.54) is 24.5 Å². The number of aldehydes is 1. The van der Waals surface area contributed by atoms with Crippen LogP contribution in [0.25, 0.3) is 0 Å². The van der Waals surface area contributed by atoms with Gasteiger partial charge in [0.2, 0.25) is 5.95 Å². The molecule has 0 unspecified atom stereocenters. The van der Waals surface area contributed by atoms with Crippen molar-refractivity contribution in [2.75, 3.05) is 23.3 Å². The van der Waals surface area contributed by atoms with Crippen LogP contribution in [0.3, 0.4) is 0 Å². The lowest BCUT2D eigenvalue weighted by molar-refractivity contribution is -0.274. The number of halogens is 3. The van der Waals surface area contributed by atoms with E-state index in [1.807, 2.05) is 4.90 Å². The van der Waals surface area contributed by atoms with Crippen molar-refractivity contribution in [3.05, 3.63) is 42.2 Å². The van der Waals surface area contributed by atoms with E-state index in [-0.39, 0.29) is 11.8 Å². The van der Waals surface area contributed by atoms with Gasteiger partial charge in [-0.25, -0.2) is 9.97 Å². The van der Waals surface area contributed by atoms with Gasteiger partial charge in [0, 0.05) is 37.2 Å². The number of piperidine rings is 1.